The average Bonchev–Trinajstić information content (AvgIpc) is 2.98. The maximum absolute atomic E-state index is 10.2. The molecule has 0 saturated carbocycles. The van der Waals surface area contributed by atoms with Crippen LogP contribution in [0.5, 0.6) is 0 Å². The van der Waals surface area contributed by atoms with E-state index in [9.17, 15) is 5.11 Å². The largest absolute Gasteiger partial charge is 0.510 e. The molecule has 0 saturated heterocycles. The lowest BCUT2D eigenvalue weighted by atomic mass is 10.2. The number of rotatable bonds is 3. The average molecular weight is 270 g/mol. The van der Waals surface area contributed by atoms with Gasteiger partial charge in [0.05, 0.1) is 23.2 Å². The molecular formula is C15H18N4O. The van der Waals surface area contributed by atoms with Crippen LogP contribution >= 0.6 is 0 Å². The van der Waals surface area contributed by atoms with E-state index in [1.54, 1.807) is 0 Å². The Hall–Kier alpha value is -2.30. The third-order valence-corrected chi connectivity index (χ3v) is 3.88. The minimum atomic E-state index is 0.217. The van der Waals surface area contributed by atoms with Crippen molar-refractivity contribution in [3.8, 4) is 0 Å². The summed E-state index contributed by atoms with van der Waals surface area (Å²) < 4.78 is 0. The molecule has 0 radical (unpaired) electrons. The Morgan fingerprint density at radius 3 is 2.90 bits per heavy atom. The number of aliphatic hydroxyl groups is 1. The summed E-state index contributed by atoms with van der Waals surface area (Å²) in [5.41, 5.74) is 2.27. The lowest BCUT2D eigenvalue weighted by Gasteiger charge is -2.25. The molecule has 1 aliphatic heterocycles. The molecule has 2 aromatic rings. The van der Waals surface area contributed by atoms with Crippen molar-refractivity contribution in [1.29, 1.82) is 5.41 Å². The summed E-state index contributed by atoms with van der Waals surface area (Å²) in [5, 5.41) is 18.5. The number of benzene rings is 1. The van der Waals surface area contributed by atoms with E-state index in [1.165, 1.54) is 0 Å². The Balaban J connectivity index is 2.01. The van der Waals surface area contributed by atoms with Gasteiger partial charge in [0.25, 0.3) is 0 Å². The Kier molecular flexibility index (Phi) is 2.97. The van der Waals surface area contributed by atoms with E-state index < -0.39 is 0 Å². The van der Waals surface area contributed by atoms with E-state index in [1.807, 2.05) is 29.2 Å². The van der Waals surface area contributed by atoms with Crippen molar-refractivity contribution in [2.75, 3.05) is 6.54 Å². The third-order valence-electron chi connectivity index (χ3n) is 3.88. The predicted molar refractivity (Wildman–Crippen MR) is 79.8 cm³/mol. The number of aromatic amines is 1. The normalized spacial score (nSPS) is 17.3. The topological polar surface area (TPSA) is 76.0 Å². The maximum Gasteiger partial charge on any atom is 0.145 e. The molecule has 0 fully saturated rings. The van der Waals surface area contributed by atoms with Gasteiger partial charge in [-0.1, -0.05) is 19.1 Å². The highest BCUT2D eigenvalue weighted by Gasteiger charge is 2.32. The lowest BCUT2D eigenvalue weighted by Crippen LogP contribution is -2.34. The summed E-state index contributed by atoms with van der Waals surface area (Å²) >= 11 is 0. The minimum absolute atomic E-state index is 0.217. The molecule has 104 valence electrons. The number of nitrogens with zero attached hydrogens (tertiary/aromatic N) is 2. The molecular weight excluding hydrogens is 252 g/mol. The first kappa shape index (κ1) is 12.7. The fraction of sp³-hybridized carbons (Fsp3) is 0.333. The van der Waals surface area contributed by atoms with Gasteiger partial charge >= 0.3 is 0 Å². The predicted octanol–water partition coefficient (Wildman–Crippen LogP) is 2.92. The van der Waals surface area contributed by atoms with Crippen molar-refractivity contribution in [2.45, 2.75) is 26.3 Å². The summed E-state index contributed by atoms with van der Waals surface area (Å²) in [6, 6.07) is 7.94. The fourth-order valence-electron chi connectivity index (χ4n) is 2.52. The molecule has 20 heavy (non-hydrogen) atoms. The van der Waals surface area contributed by atoms with Crippen molar-refractivity contribution in [3.05, 3.63) is 35.8 Å². The van der Waals surface area contributed by atoms with Gasteiger partial charge in [-0.25, -0.2) is 4.98 Å². The van der Waals surface area contributed by atoms with Crippen LogP contribution in [-0.4, -0.2) is 38.4 Å². The van der Waals surface area contributed by atoms with Gasteiger partial charge in [0.1, 0.15) is 17.4 Å². The Morgan fingerprint density at radius 1 is 1.45 bits per heavy atom. The van der Waals surface area contributed by atoms with Gasteiger partial charge in [0.15, 0.2) is 0 Å². The number of nitrogens with one attached hydrogen (secondary N) is 2. The highest BCUT2D eigenvalue weighted by atomic mass is 16.3. The van der Waals surface area contributed by atoms with Crippen molar-refractivity contribution in [2.24, 2.45) is 0 Å². The molecule has 5 heteroatoms. The van der Waals surface area contributed by atoms with E-state index >= 15 is 0 Å². The number of H-pyrrole nitrogens is 1. The first-order chi connectivity index (χ1) is 9.61. The summed E-state index contributed by atoms with van der Waals surface area (Å²) in [5.74, 6) is 1.13. The number of imidazole rings is 1. The number of hydrogen-bond donors (Lipinski definition) is 3. The van der Waals surface area contributed by atoms with Crippen molar-refractivity contribution < 1.29 is 5.11 Å². The molecule has 5 nitrogen and oxygen atoms in total. The maximum atomic E-state index is 10.2. The van der Waals surface area contributed by atoms with E-state index in [0.29, 0.717) is 23.8 Å². The monoisotopic (exact) mass is 270 g/mol. The standard InChI is InChI=1S/C15H18N4O/c1-3-9(2)19-8-12(20)13(14(19)16)15-17-10-6-4-5-7-11(10)18-15/h4-7,9,16,20H,3,8H2,1-2H3,(H,17,18). The lowest BCUT2D eigenvalue weighted by molar-refractivity contribution is 0.301. The first-order valence-corrected chi connectivity index (χ1v) is 6.84. The highest BCUT2D eigenvalue weighted by molar-refractivity contribution is 6.23. The SMILES string of the molecule is CCC(C)N1CC(O)=C(c2nc3ccccc3[nH]2)C1=N. The Bertz CT molecular complexity index is 668. The van der Waals surface area contributed by atoms with Crippen molar-refractivity contribution >= 4 is 22.4 Å². The van der Waals surface area contributed by atoms with Crippen molar-refractivity contribution in [3.63, 3.8) is 0 Å². The number of aromatic nitrogens is 2. The van der Waals surface area contributed by atoms with Gasteiger partial charge < -0.3 is 15.0 Å². The summed E-state index contributed by atoms with van der Waals surface area (Å²) in [4.78, 5) is 9.55. The zero-order chi connectivity index (χ0) is 14.3. The molecule has 1 aromatic heterocycles. The van der Waals surface area contributed by atoms with Gasteiger partial charge in [0.2, 0.25) is 0 Å². The zero-order valence-electron chi connectivity index (χ0n) is 11.6. The van der Waals surface area contributed by atoms with E-state index in [4.69, 9.17) is 5.41 Å². The van der Waals surface area contributed by atoms with Crippen LogP contribution in [0.15, 0.2) is 30.0 Å². The molecule has 0 bridgehead atoms. The van der Waals surface area contributed by atoms with Gasteiger partial charge in [-0.05, 0) is 25.5 Å². The van der Waals surface area contributed by atoms with Gasteiger partial charge in [-0.15, -0.1) is 0 Å². The molecule has 1 aromatic carbocycles. The van der Waals surface area contributed by atoms with Gasteiger partial charge in [-0.3, -0.25) is 5.41 Å². The van der Waals surface area contributed by atoms with Crippen LogP contribution in [0, 0.1) is 5.41 Å². The van der Waals surface area contributed by atoms with Crippen LogP contribution in [0.4, 0.5) is 0 Å². The Labute approximate surface area is 117 Å². The van der Waals surface area contributed by atoms with Crippen LogP contribution < -0.4 is 0 Å². The van der Waals surface area contributed by atoms with E-state index in [2.05, 4.69) is 23.8 Å². The molecule has 1 aliphatic rings. The van der Waals surface area contributed by atoms with Gasteiger partial charge in [0, 0.05) is 6.04 Å². The van der Waals surface area contributed by atoms with E-state index in [-0.39, 0.29) is 11.8 Å². The molecule has 3 N–H and O–H groups in total. The van der Waals surface area contributed by atoms with Gasteiger partial charge in [-0.2, -0.15) is 0 Å². The zero-order valence-corrected chi connectivity index (χ0v) is 11.6. The van der Waals surface area contributed by atoms with E-state index in [0.717, 1.165) is 17.5 Å². The number of aliphatic hydroxyl groups excluding tert-OH is 1. The molecule has 2 heterocycles. The smallest absolute Gasteiger partial charge is 0.145 e. The fourth-order valence-corrected chi connectivity index (χ4v) is 2.52. The summed E-state index contributed by atoms with van der Waals surface area (Å²) in [6.45, 7) is 4.53. The quantitative estimate of drug-likeness (QED) is 0.802. The molecule has 1 atom stereocenters. The van der Waals surface area contributed by atoms with Crippen LogP contribution in [0.2, 0.25) is 0 Å². The third kappa shape index (κ3) is 1.86. The number of hydrogen-bond acceptors (Lipinski definition) is 3. The molecule has 0 aliphatic carbocycles. The second kappa shape index (κ2) is 4.67. The summed E-state index contributed by atoms with van der Waals surface area (Å²) in [7, 11) is 0. The molecule has 0 spiro atoms. The minimum Gasteiger partial charge on any atom is -0.510 e. The number of amidine groups is 1. The molecule has 1 unspecified atom stereocenters. The summed E-state index contributed by atoms with van der Waals surface area (Å²) in [6.07, 6.45) is 0.934. The number of fused-ring (bicyclic) bond motifs is 1. The first-order valence-electron chi connectivity index (χ1n) is 6.84. The van der Waals surface area contributed by atoms with Crippen LogP contribution in [0.25, 0.3) is 16.6 Å². The van der Waals surface area contributed by atoms with Crippen molar-refractivity contribution in [1.82, 2.24) is 14.9 Å². The highest BCUT2D eigenvalue weighted by Crippen LogP contribution is 2.28. The Morgan fingerprint density at radius 2 is 2.20 bits per heavy atom. The molecule has 0 amide bonds. The second-order valence-electron chi connectivity index (χ2n) is 5.16. The van der Waals surface area contributed by atoms with Crippen LogP contribution in [-0.2, 0) is 0 Å². The number of para-hydroxylation sites is 2. The van der Waals surface area contributed by atoms with Crippen LogP contribution in [0.1, 0.15) is 26.1 Å². The molecule has 3 rings (SSSR count). The van der Waals surface area contributed by atoms with Crippen LogP contribution in [0.3, 0.4) is 0 Å². The second-order valence-corrected chi connectivity index (χ2v) is 5.16.